The molecule has 2 rings (SSSR count). The van der Waals surface area contributed by atoms with Crippen LogP contribution in [0.3, 0.4) is 0 Å². The van der Waals surface area contributed by atoms with Crippen molar-refractivity contribution in [2.75, 3.05) is 11.9 Å². The maximum Gasteiger partial charge on any atom is 0.311 e. The van der Waals surface area contributed by atoms with Gasteiger partial charge in [-0.05, 0) is 30.4 Å². The predicted molar refractivity (Wildman–Crippen MR) is 56.7 cm³/mol. The van der Waals surface area contributed by atoms with Gasteiger partial charge in [-0.2, -0.15) is 0 Å². The molecule has 1 aliphatic rings. The number of thiophene rings is 1. The zero-order valence-electron chi connectivity index (χ0n) is 7.82. The van der Waals surface area contributed by atoms with Crippen LogP contribution in [0.5, 0.6) is 0 Å². The van der Waals surface area contributed by atoms with Crippen LogP contribution in [0.2, 0.25) is 0 Å². The normalized spacial score (nSPS) is 18.6. The van der Waals surface area contributed by atoms with Gasteiger partial charge in [0.25, 0.3) is 0 Å². The van der Waals surface area contributed by atoms with E-state index in [4.69, 9.17) is 5.11 Å². The van der Waals surface area contributed by atoms with E-state index in [1.165, 1.54) is 0 Å². The van der Waals surface area contributed by atoms with Crippen molar-refractivity contribution in [3.63, 3.8) is 0 Å². The van der Waals surface area contributed by atoms with Gasteiger partial charge in [-0.3, -0.25) is 4.79 Å². The molecule has 0 bridgehead atoms. The lowest BCUT2D eigenvalue weighted by Crippen LogP contribution is -2.43. The van der Waals surface area contributed by atoms with Crippen LogP contribution in [-0.4, -0.2) is 17.6 Å². The molecular weight excluding hydrogens is 198 g/mol. The van der Waals surface area contributed by atoms with Gasteiger partial charge in [-0.15, -0.1) is 11.3 Å². The lowest BCUT2D eigenvalue weighted by Gasteiger charge is -2.37. The highest BCUT2D eigenvalue weighted by molar-refractivity contribution is 7.14. The van der Waals surface area contributed by atoms with E-state index < -0.39 is 11.4 Å². The average molecular weight is 211 g/mol. The Hall–Kier alpha value is -1.03. The van der Waals surface area contributed by atoms with E-state index in [1.54, 1.807) is 11.3 Å². The smallest absolute Gasteiger partial charge is 0.311 e. The molecule has 76 valence electrons. The van der Waals surface area contributed by atoms with Crippen molar-refractivity contribution in [1.82, 2.24) is 0 Å². The van der Waals surface area contributed by atoms with E-state index in [1.807, 2.05) is 17.5 Å². The van der Waals surface area contributed by atoms with Crippen LogP contribution in [0, 0.1) is 5.41 Å². The summed E-state index contributed by atoms with van der Waals surface area (Å²) in [7, 11) is 0. The van der Waals surface area contributed by atoms with Gasteiger partial charge in [0.2, 0.25) is 0 Å². The second-order valence-electron chi connectivity index (χ2n) is 3.77. The molecular formula is C10H13NO2S. The van der Waals surface area contributed by atoms with E-state index in [2.05, 4.69) is 5.32 Å². The van der Waals surface area contributed by atoms with Crippen molar-refractivity contribution >= 4 is 22.3 Å². The number of aliphatic carboxylic acids is 1. The summed E-state index contributed by atoms with van der Waals surface area (Å²) in [5, 5.41) is 15.3. The highest BCUT2D eigenvalue weighted by atomic mass is 32.1. The summed E-state index contributed by atoms with van der Waals surface area (Å²) in [6.07, 6.45) is 2.65. The van der Waals surface area contributed by atoms with E-state index in [9.17, 15) is 4.79 Å². The summed E-state index contributed by atoms with van der Waals surface area (Å²) < 4.78 is 0. The van der Waals surface area contributed by atoms with Crippen LogP contribution in [-0.2, 0) is 4.79 Å². The first-order valence-electron chi connectivity index (χ1n) is 4.74. The van der Waals surface area contributed by atoms with E-state index in [0.717, 1.165) is 24.3 Å². The molecule has 1 heterocycles. The topological polar surface area (TPSA) is 49.3 Å². The van der Waals surface area contributed by atoms with Gasteiger partial charge in [0.15, 0.2) is 0 Å². The molecule has 0 atom stereocenters. The number of hydrogen-bond donors (Lipinski definition) is 2. The molecule has 0 aromatic carbocycles. The van der Waals surface area contributed by atoms with Gasteiger partial charge in [0.05, 0.1) is 10.4 Å². The number of nitrogens with one attached hydrogen (secondary N) is 1. The fraction of sp³-hybridized carbons (Fsp3) is 0.500. The molecule has 4 heteroatoms. The maximum atomic E-state index is 11.0. The molecule has 0 amide bonds. The molecule has 1 aromatic rings. The predicted octanol–water partition coefficient (Wildman–Crippen LogP) is 2.41. The van der Waals surface area contributed by atoms with Crippen molar-refractivity contribution in [2.24, 2.45) is 5.41 Å². The maximum absolute atomic E-state index is 11.0. The molecule has 1 aromatic heterocycles. The van der Waals surface area contributed by atoms with Gasteiger partial charge in [-0.1, -0.05) is 6.42 Å². The highest BCUT2D eigenvalue weighted by Crippen LogP contribution is 2.41. The van der Waals surface area contributed by atoms with Gasteiger partial charge in [-0.25, -0.2) is 0 Å². The number of carboxylic acids is 1. The summed E-state index contributed by atoms with van der Waals surface area (Å²) in [6, 6.07) is 3.93. The summed E-state index contributed by atoms with van der Waals surface area (Å²) in [5.74, 6) is -0.659. The van der Waals surface area contributed by atoms with Gasteiger partial charge in [0, 0.05) is 6.54 Å². The van der Waals surface area contributed by atoms with Gasteiger partial charge < -0.3 is 10.4 Å². The minimum Gasteiger partial charge on any atom is -0.481 e. The van der Waals surface area contributed by atoms with Crippen LogP contribution in [0.25, 0.3) is 0 Å². The first-order valence-corrected chi connectivity index (χ1v) is 5.62. The number of carboxylic acid groups (broad SMARTS) is 1. The number of anilines is 1. The highest BCUT2D eigenvalue weighted by Gasteiger charge is 2.44. The lowest BCUT2D eigenvalue weighted by molar-refractivity contribution is -0.153. The van der Waals surface area contributed by atoms with Crippen molar-refractivity contribution in [3.05, 3.63) is 17.5 Å². The zero-order chi connectivity index (χ0) is 10.0. The third-order valence-electron chi connectivity index (χ3n) is 2.89. The number of carbonyl (C=O) groups is 1. The van der Waals surface area contributed by atoms with Crippen LogP contribution < -0.4 is 5.32 Å². The third kappa shape index (κ3) is 1.62. The molecule has 0 spiro atoms. The third-order valence-corrected chi connectivity index (χ3v) is 3.71. The SMILES string of the molecule is O=C(O)C1(CNc2cccs2)CCC1. The Bertz CT molecular complexity index is 317. The molecule has 14 heavy (non-hydrogen) atoms. The van der Waals surface area contributed by atoms with Gasteiger partial charge in [0.1, 0.15) is 0 Å². The van der Waals surface area contributed by atoms with Crippen molar-refractivity contribution in [2.45, 2.75) is 19.3 Å². The van der Waals surface area contributed by atoms with Crippen molar-refractivity contribution in [3.8, 4) is 0 Å². The minimum atomic E-state index is -0.659. The fourth-order valence-electron chi connectivity index (χ4n) is 1.71. The summed E-state index contributed by atoms with van der Waals surface area (Å²) in [6.45, 7) is 0.558. The van der Waals surface area contributed by atoms with Crippen LogP contribution in [0.1, 0.15) is 19.3 Å². The Balaban J connectivity index is 1.93. The van der Waals surface area contributed by atoms with Crippen molar-refractivity contribution < 1.29 is 9.90 Å². The Morgan fingerprint density at radius 2 is 2.43 bits per heavy atom. The Morgan fingerprint density at radius 3 is 2.86 bits per heavy atom. The largest absolute Gasteiger partial charge is 0.481 e. The van der Waals surface area contributed by atoms with Crippen LogP contribution in [0.15, 0.2) is 17.5 Å². The second kappa shape index (κ2) is 3.61. The molecule has 2 N–H and O–H groups in total. The van der Waals surface area contributed by atoms with Crippen LogP contribution >= 0.6 is 11.3 Å². The minimum absolute atomic E-state index is 0.496. The number of rotatable bonds is 4. The van der Waals surface area contributed by atoms with E-state index in [0.29, 0.717) is 6.54 Å². The first kappa shape index (κ1) is 9.52. The molecule has 1 aliphatic carbocycles. The molecule has 0 saturated heterocycles. The monoisotopic (exact) mass is 211 g/mol. The van der Waals surface area contributed by atoms with Crippen LogP contribution in [0.4, 0.5) is 5.00 Å². The summed E-state index contributed by atoms with van der Waals surface area (Å²) >= 11 is 1.61. The Kier molecular flexibility index (Phi) is 2.46. The Morgan fingerprint density at radius 1 is 1.64 bits per heavy atom. The molecule has 1 fully saturated rings. The quantitative estimate of drug-likeness (QED) is 0.804. The summed E-state index contributed by atoms with van der Waals surface area (Å²) in [5.41, 5.74) is -0.496. The standard InChI is InChI=1S/C10H13NO2S/c12-9(13)10(4-2-5-10)7-11-8-3-1-6-14-8/h1,3,6,11H,2,4-5,7H2,(H,12,13). The average Bonchev–Trinajstić information content (AvgIpc) is 2.53. The molecule has 0 radical (unpaired) electrons. The molecule has 0 unspecified atom stereocenters. The second-order valence-corrected chi connectivity index (χ2v) is 4.72. The molecule has 1 saturated carbocycles. The summed E-state index contributed by atoms with van der Waals surface area (Å²) in [4.78, 5) is 11.0. The number of hydrogen-bond acceptors (Lipinski definition) is 3. The van der Waals surface area contributed by atoms with E-state index in [-0.39, 0.29) is 0 Å². The lowest BCUT2D eigenvalue weighted by atomic mass is 9.69. The molecule has 0 aliphatic heterocycles. The molecule has 3 nitrogen and oxygen atoms in total. The van der Waals surface area contributed by atoms with Gasteiger partial charge >= 0.3 is 5.97 Å². The zero-order valence-corrected chi connectivity index (χ0v) is 8.64. The Labute approximate surface area is 86.8 Å². The van der Waals surface area contributed by atoms with E-state index >= 15 is 0 Å². The fourth-order valence-corrected chi connectivity index (χ4v) is 2.32. The first-order chi connectivity index (χ1) is 6.73. The van der Waals surface area contributed by atoms with Crippen molar-refractivity contribution in [1.29, 1.82) is 0 Å².